The van der Waals surface area contributed by atoms with Gasteiger partial charge in [-0.15, -0.1) is 0 Å². The summed E-state index contributed by atoms with van der Waals surface area (Å²) in [6.07, 6.45) is 8.59. The monoisotopic (exact) mass is 259 g/mol. The number of ether oxygens (including phenoxy) is 1. The van der Waals surface area contributed by atoms with Crippen LogP contribution in [0.15, 0.2) is 0 Å². The van der Waals surface area contributed by atoms with Gasteiger partial charge in [0.2, 0.25) is 0 Å². The number of carbonyl (C=O) groups is 1. The smallest absolute Gasteiger partial charge is 0.325 e. The van der Waals surface area contributed by atoms with Crippen molar-refractivity contribution >= 4 is 17.7 Å². The van der Waals surface area contributed by atoms with Crippen molar-refractivity contribution in [2.45, 2.75) is 62.7 Å². The van der Waals surface area contributed by atoms with Gasteiger partial charge in [0, 0.05) is 5.25 Å². The SMILES string of the molecule is COC(=O)C(C)(N)CCCSC1CCCCC1. The third-order valence-corrected chi connectivity index (χ3v) is 4.87. The molecule has 0 radical (unpaired) electrons. The van der Waals surface area contributed by atoms with Gasteiger partial charge in [0.1, 0.15) is 5.54 Å². The highest BCUT2D eigenvalue weighted by molar-refractivity contribution is 7.99. The second-order valence-electron chi connectivity index (χ2n) is 5.14. The van der Waals surface area contributed by atoms with Crippen molar-refractivity contribution in [3.63, 3.8) is 0 Å². The van der Waals surface area contributed by atoms with E-state index in [2.05, 4.69) is 0 Å². The molecule has 0 heterocycles. The van der Waals surface area contributed by atoms with E-state index in [-0.39, 0.29) is 5.97 Å². The molecule has 0 aromatic carbocycles. The number of hydrogen-bond donors (Lipinski definition) is 1. The Morgan fingerprint density at radius 3 is 2.65 bits per heavy atom. The van der Waals surface area contributed by atoms with E-state index in [0.717, 1.165) is 17.4 Å². The molecular formula is C13H25NO2S. The zero-order valence-corrected chi connectivity index (χ0v) is 11.9. The van der Waals surface area contributed by atoms with Crippen LogP contribution in [0.25, 0.3) is 0 Å². The minimum atomic E-state index is -0.818. The second-order valence-corrected chi connectivity index (χ2v) is 6.55. The summed E-state index contributed by atoms with van der Waals surface area (Å²) in [6.45, 7) is 1.75. The van der Waals surface area contributed by atoms with Crippen LogP contribution >= 0.6 is 11.8 Å². The first-order valence-electron chi connectivity index (χ1n) is 6.55. The van der Waals surface area contributed by atoms with Crippen molar-refractivity contribution in [2.24, 2.45) is 5.73 Å². The quantitative estimate of drug-likeness (QED) is 0.588. The Bertz CT molecular complexity index is 238. The fourth-order valence-electron chi connectivity index (χ4n) is 2.26. The summed E-state index contributed by atoms with van der Waals surface area (Å²) in [4.78, 5) is 11.4. The molecule has 3 nitrogen and oxygen atoms in total. The lowest BCUT2D eigenvalue weighted by molar-refractivity contribution is -0.146. The summed E-state index contributed by atoms with van der Waals surface area (Å²) in [5.74, 6) is 0.800. The van der Waals surface area contributed by atoms with E-state index in [1.807, 2.05) is 11.8 Å². The maximum absolute atomic E-state index is 11.4. The van der Waals surface area contributed by atoms with Crippen molar-refractivity contribution in [3.05, 3.63) is 0 Å². The number of carbonyl (C=O) groups excluding carboxylic acids is 1. The lowest BCUT2D eigenvalue weighted by Crippen LogP contribution is -2.45. The molecule has 1 fully saturated rings. The molecule has 0 aromatic rings. The Labute approximate surface area is 109 Å². The number of nitrogens with two attached hydrogens (primary N) is 1. The van der Waals surface area contributed by atoms with Gasteiger partial charge < -0.3 is 10.5 Å². The zero-order chi connectivity index (χ0) is 12.7. The predicted octanol–water partition coefficient (Wildman–Crippen LogP) is 2.72. The molecule has 2 N–H and O–H groups in total. The molecule has 1 saturated carbocycles. The average molecular weight is 259 g/mol. The number of rotatable bonds is 6. The summed E-state index contributed by atoms with van der Waals surface area (Å²) in [5.41, 5.74) is 5.09. The van der Waals surface area contributed by atoms with E-state index in [4.69, 9.17) is 10.5 Å². The first kappa shape index (κ1) is 14.8. The summed E-state index contributed by atoms with van der Waals surface area (Å²) in [7, 11) is 1.39. The number of thioether (sulfide) groups is 1. The molecule has 1 aliphatic carbocycles. The van der Waals surface area contributed by atoms with Crippen LogP contribution in [0.2, 0.25) is 0 Å². The van der Waals surface area contributed by atoms with Crippen molar-refractivity contribution in [1.29, 1.82) is 0 Å². The van der Waals surface area contributed by atoms with Crippen molar-refractivity contribution in [3.8, 4) is 0 Å². The molecule has 0 amide bonds. The minimum Gasteiger partial charge on any atom is -0.468 e. The van der Waals surface area contributed by atoms with E-state index in [9.17, 15) is 4.79 Å². The Balaban J connectivity index is 2.12. The van der Waals surface area contributed by atoms with Crippen LogP contribution < -0.4 is 5.73 Å². The summed E-state index contributed by atoms with van der Waals surface area (Å²) in [5, 5.41) is 0.839. The highest BCUT2D eigenvalue weighted by Gasteiger charge is 2.28. The fraction of sp³-hybridized carbons (Fsp3) is 0.923. The normalized spacial score (nSPS) is 20.9. The van der Waals surface area contributed by atoms with Crippen LogP contribution in [0.5, 0.6) is 0 Å². The average Bonchev–Trinajstić information content (AvgIpc) is 2.35. The van der Waals surface area contributed by atoms with Crippen molar-refractivity contribution in [1.82, 2.24) is 0 Å². The lowest BCUT2D eigenvalue weighted by Gasteiger charge is -2.23. The highest BCUT2D eigenvalue weighted by Crippen LogP contribution is 2.29. The topological polar surface area (TPSA) is 52.3 Å². The van der Waals surface area contributed by atoms with Crippen LogP contribution in [0.3, 0.4) is 0 Å². The highest BCUT2D eigenvalue weighted by atomic mass is 32.2. The van der Waals surface area contributed by atoms with E-state index in [0.29, 0.717) is 6.42 Å². The number of esters is 1. The molecule has 0 bridgehead atoms. The molecule has 1 rings (SSSR count). The van der Waals surface area contributed by atoms with Crippen molar-refractivity contribution < 1.29 is 9.53 Å². The summed E-state index contributed by atoms with van der Waals surface area (Å²) in [6, 6.07) is 0. The van der Waals surface area contributed by atoms with Gasteiger partial charge in [-0.1, -0.05) is 19.3 Å². The molecule has 0 aromatic heterocycles. The Morgan fingerprint density at radius 1 is 1.41 bits per heavy atom. The van der Waals surface area contributed by atoms with Gasteiger partial charge in [0.15, 0.2) is 0 Å². The van der Waals surface area contributed by atoms with Gasteiger partial charge in [-0.05, 0) is 38.4 Å². The molecular weight excluding hydrogens is 234 g/mol. The van der Waals surface area contributed by atoms with Crippen LogP contribution in [0.1, 0.15) is 51.9 Å². The minimum absolute atomic E-state index is 0.305. The number of methoxy groups -OCH3 is 1. The second kappa shape index (κ2) is 7.27. The Kier molecular flexibility index (Phi) is 6.34. The molecule has 1 unspecified atom stereocenters. The van der Waals surface area contributed by atoms with Crippen LogP contribution in [0, 0.1) is 0 Å². The largest absolute Gasteiger partial charge is 0.468 e. The summed E-state index contributed by atoms with van der Waals surface area (Å²) >= 11 is 2.05. The predicted molar refractivity (Wildman–Crippen MR) is 73.2 cm³/mol. The molecule has 0 aliphatic heterocycles. The van der Waals surface area contributed by atoms with Crippen LogP contribution in [0.4, 0.5) is 0 Å². The van der Waals surface area contributed by atoms with E-state index >= 15 is 0 Å². The molecule has 100 valence electrons. The molecule has 1 aliphatic rings. The van der Waals surface area contributed by atoms with Gasteiger partial charge in [-0.25, -0.2) is 0 Å². The fourth-order valence-corrected chi connectivity index (χ4v) is 3.57. The third-order valence-electron chi connectivity index (χ3n) is 3.40. The third kappa shape index (κ3) is 5.30. The maximum atomic E-state index is 11.4. The lowest BCUT2D eigenvalue weighted by atomic mass is 9.98. The molecule has 4 heteroatoms. The first-order valence-corrected chi connectivity index (χ1v) is 7.60. The molecule has 17 heavy (non-hydrogen) atoms. The van der Waals surface area contributed by atoms with Gasteiger partial charge >= 0.3 is 5.97 Å². The van der Waals surface area contributed by atoms with Gasteiger partial charge in [-0.3, -0.25) is 4.79 Å². The van der Waals surface area contributed by atoms with E-state index in [1.54, 1.807) is 6.92 Å². The molecule has 0 spiro atoms. The van der Waals surface area contributed by atoms with Crippen LogP contribution in [-0.4, -0.2) is 29.6 Å². The van der Waals surface area contributed by atoms with Gasteiger partial charge in [0.05, 0.1) is 7.11 Å². The van der Waals surface area contributed by atoms with Gasteiger partial charge in [0.25, 0.3) is 0 Å². The van der Waals surface area contributed by atoms with Crippen LogP contribution in [-0.2, 0) is 9.53 Å². The summed E-state index contributed by atoms with van der Waals surface area (Å²) < 4.78 is 4.69. The number of hydrogen-bond acceptors (Lipinski definition) is 4. The standard InChI is InChI=1S/C13H25NO2S/c1-13(14,12(15)16-2)9-6-10-17-11-7-4-3-5-8-11/h11H,3-10,14H2,1-2H3. The zero-order valence-electron chi connectivity index (χ0n) is 11.0. The Morgan fingerprint density at radius 2 is 2.06 bits per heavy atom. The molecule has 0 saturated heterocycles. The van der Waals surface area contributed by atoms with E-state index in [1.165, 1.54) is 39.2 Å². The first-order chi connectivity index (χ1) is 8.06. The molecule has 1 atom stereocenters. The maximum Gasteiger partial charge on any atom is 0.325 e. The van der Waals surface area contributed by atoms with Crippen molar-refractivity contribution in [2.75, 3.05) is 12.9 Å². The van der Waals surface area contributed by atoms with Gasteiger partial charge in [-0.2, -0.15) is 11.8 Å². The Hall–Kier alpha value is -0.220. The van der Waals surface area contributed by atoms with E-state index < -0.39 is 5.54 Å².